The molecule has 1 saturated carbocycles. The van der Waals surface area contributed by atoms with Crippen LogP contribution in [0.2, 0.25) is 0 Å². The van der Waals surface area contributed by atoms with Gasteiger partial charge in [0.2, 0.25) is 5.91 Å². The van der Waals surface area contributed by atoms with Gasteiger partial charge in [-0.1, -0.05) is 26.0 Å². The zero-order valence-electron chi connectivity index (χ0n) is 30.4. The van der Waals surface area contributed by atoms with E-state index in [-0.39, 0.29) is 23.5 Å². The second kappa shape index (κ2) is 15.6. The van der Waals surface area contributed by atoms with Gasteiger partial charge in [-0.2, -0.15) is 26.3 Å². The number of hydrogen-bond acceptors (Lipinski definition) is 4. The quantitative estimate of drug-likeness (QED) is 0.170. The van der Waals surface area contributed by atoms with Crippen molar-refractivity contribution in [3.8, 4) is 11.1 Å². The number of likely N-dealkylation sites (N-methyl/N-ethyl adjacent to an activating group) is 1. The molecule has 1 heterocycles. The lowest BCUT2D eigenvalue weighted by Crippen LogP contribution is -2.37. The molecule has 1 fully saturated rings. The van der Waals surface area contributed by atoms with Gasteiger partial charge in [-0.25, -0.2) is 8.78 Å². The first kappa shape index (κ1) is 41.5. The van der Waals surface area contributed by atoms with E-state index in [1.54, 1.807) is 65.7 Å². The molecule has 3 atom stereocenters. The summed E-state index contributed by atoms with van der Waals surface area (Å²) in [5, 5.41) is 11.9. The van der Waals surface area contributed by atoms with Crippen LogP contribution in [-0.2, 0) is 28.4 Å². The van der Waals surface area contributed by atoms with Gasteiger partial charge in [0.05, 0.1) is 23.6 Å². The number of carbonyl (C=O) groups is 2. The third kappa shape index (κ3) is 9.46. The summed E-state index contributed by atoms with van der Waals surface area (Å²) >= 11 is 0. The smallest absolute Gasteiger partial charge is 0.419 e. The summed E-state index contributed by atoms with van der Waals surface area (Å²) in [5.41, 5.74) is -4.49. The molecule has 2 aromatic carbocycles. The Bertz CT molecular complexity index is 1910. The number of nitrogens with one attached hydrogen (secondary N) is 1. The molecule has 7 nitrogen and oxygen atoms in total. The molecule has 4 rings (SSSR count). The number of amides is 1. The summed E-state index contributed by atoms with van der Waals surface area (Å²) in [6, 6.07) is 0.494. The summed E-state index contributed by atoms with van der Waals surface area (Å²) in [4.78, 5) is 40.3. The summed E-state index contributed by atoms with van der Waals surface area (Å²) in [5.74, 6) is -6.75. The van der Waals surface area contributed by atoms with Gasteiger partial charge in [0.25, 0.3) is 5.56 Å². The predicted octanol–water partition coefficient (Wildman–Crippen LogP) is 8.74. The van der Waals surface area contributed by atoms with E-state index in [0.717, 1.165) is 29.2 Å². The number of carbonyl (C=O) groups excluding carboxylic acids is 1. The molecular weight excluding hydrogens is 714 g/mol. The van der Waals surface area contributed by atoms with Crippen molar-refractivity contribution in [3.05, 3.63) is 91.4 Å². The molecule has 1 amide bonds. The van der Waals surface area contributed by atoms with E-state index >= 15 is 8.78 Å². The van der Waals surface area contributed by atoms with Gasteiger partial charge in [0, 0.05) is 41.9 Å². The van der Waals surface area contributed by atoms with E-state index in [1.165, 1.54) is 0 Å². The molecule has 1 aliphatic rings. The van der Waals surface area contributed by atoms with Crippen molar-refractivity contribution in [2.24, 2.45) is 5.92 Å². The fraction of sp³-hybridized carbons (Fsp3) is 0.500. The third-order valence-corrected chi connectivity index (χ3v) is 9.86. The minimum atomic E-state index is -5.34. The number of benzene rings is 2. The molecule has 0 bridgehead atoms. The monoisotopic (exact) mass is 757 g/mol. The van der Waals surface area contributed by atoms with E-state index in [9.17, 15) is 45.8 Å². The van der Waals surface area contributed by atoms with Gasteiger partial charge in [-0.3, -0.25) is 14.4 Å². The Morgan fingerprint density at radius 2 is 1.47 bits per heavy atom. The number of carboxylic acid groups (broad SMARTS) is 1. The number of pyridine rings is 1. The van der Waals surface area contributed by atoms with Crippen LogP contribution in [0.3, 0.4) is 0 Å². The number of carboxylic acids is 1. The molecule has 0 aliphatic heterocycles. The maximum Gasteiger partial charge on any atom is 0.419 e. The van der Waals surface area contributed by atoms with E-state index in [4.69, 9.17) is 0 Å². The van der Waals surface area contributed by atoms with Crippen molar-refractivity contribution in [2.45, 2.75) is 103 Å². The number of rotatable bonds is 13. The molecule has 2 unspecified atom stereocenters. The van der Waals surface area contributed by atoms with Crippen LogP contribution >= 0.6 is 0 Å². The SMILES string of the molecule is Cc1cc(C2CC2)cc(C)c1-c1cc(C(F)(F)F)c(F)c([C@H](CC(=O)O)NC(=O)CC(C(C)C)n2cc(CC(C)N(C)C)c(C(F)(F)F)cc2=O)c1F. The van der Waals surface area contributed by atoms with E-state index in [1.807, 2.05) is 0 Å². The van der Waals surface area contributed by atoms with Gasteiger partial charge in [-0.05, 0) is 99.8 Å². The molecule has 3 aromatic rings. The van der Waals surface area contributed by atoms with Crippen molar-refractivity contribution in [3.63, 3.8) is 0 Å². The van der Waals surface area contributed by atoms with Crippen molar-refractivity contribution >= 4 is 11.9 Å². The van der Waals surface area contributed by atoms with Crippen LogP contribution < -0.4 is 10.9 Å². The lowest BCUT2D eigenvalue weighted by Gasteiger charge is -2.28. The zero-order valence-corrected chi connectivity index (χ0v) is 30.4. The fourth-order valence-electron chi connectivity index (χ4n) is 6.70. The second-order valence-electron chi connectivity index (χ2n) is 14.5. The van der Waals surface area contributed by atoms with E-state index in [2.05, 4.69) is 5.32 Å². The standard InChI is InChI=1S/C38H43F8N3O4/c1-18(2)29(49-17-24(12-21(5)48(6)7)26(14-31(49)51)37(41,42)43)16-30(50)47-28(15-32(52)53)34-35(39)25(13-27(36(34)40)38(44,45)46)33-19(3)10-23(11-20(33)4)22-8-9-22/h10-11,13-14,17-18,21-22,28-29H,8-9,12,15-16H2,1-7H3,(H,47,50)(H,52,53)/t21?,28-,29?/m0/s1. The summed E-state index contributed by atoms with van der Waals surface area (Å²) in [6.07, 6.45) is -9.41. The molecule has 1 aromatic heterocycles. The van der Waals surface area contributed by atoms with E-state index in [0.29, 0.717) is 23.3 Å². The van der Waals surface area contributed by atoms with Crippen molar-refractivity contribution in [1.29, 1.82) is 0 Å². The highest BCUT2D eigenvalue weighted by atomic mass is 19.4. The van der Waals surface area contributed by atoms with Crippen LogP contribution in [-0.4, -0.2) is 46.6 Å². The number of aryl methyl sites for hydroxylation is 2. The van der Waals surface area contributed by atoms with Gasteiger partial charge >= 0.3 is 18.3 Å². The second-order valence-corrected chi connectivity index (χ2v) is 14.5. The van der Waals surface area contributed by atoms with Gasteiger partial charge in [-0.15, -0.1) is 0 Å². The molecule has 1 aliphatic carbocycles. The highest BCUT2D eigenvalue weighted by molar-refractivity contribution is 5.79. The highest BCUT2D eigenvalue weighted by Gasteiger charge is 2.41. The predicted molar refractivity (Wildman–Crippen MR) is 182 cm³/mol. The number of halogens is 8. The van der Waals surface area contributed by atoms with Crippen LogP contribution in [0.25, 0.3) is 11.1 Å². The average molecular weight is 758 g/mol. The fourth-order valence-corrected chi connectivity index (χ4v) is 6.70. The molecule has 0 saturated heterocycles. The number of aromatic nitrogens is 1. The molecule has 15 heteroatoms. The zero-order chi connectivity index (χ0) is 39.9. The normalized spacial score (nSPS) is 15.5. The third-order valence-electron chi connectivity index (χ3n) is 9.86. The van der Waals surface area contributed by atoms with Crippen LogP contribution in [0.5, 0.6) is 0 Å². The molecular formula is C38H43F8N3O4. The highest BCUT2D eigenvalue weighted by Crippen LogP contribution is 2.45. The van der Waals surface area contributed by atoms with Crippen LogP contribution in [0.1, 0.15) is 103 Å². The van der Waals surface area contributed by atoms with Gasteiger partial charge < -0.3 is 19.9 Å². The Balaban J connectivity index is 1.81. The van der Waals surface area contributed by atoms with Crippen molar-refractivity contribution < 1.29 is 49.8 Å². The molecule has 290 valence electrons. The number of hydrogen-bond donors (Lipinski definition) is 2. The molecule has 2 N–H and O–H groups in total. The van der Waals surface area contributed by atoms with Crippen molar-refractivity contribution in [2.75, 3.05) is 14.1 Å². The Hall–Kier alpha value is -4.27. The Labute approximate surface area is 302 Å². The Morgan fingerprint density at radius 3 is 1.94 bits per heavy atom. The maximum absolute atomic E-state index is 16.5. The Kier molecular flexibility index (Phi) is 12.2. The van der Waals surface area contributed by atoms with Crippen LogP contribution in [0.15, 0.2) is 35.3 Å². The molecule has 0 radical (unpaired) electrons. The molecule has 53 heavy (non-hydrogen) atoms. The van der Waals surface area contributed by atoms with Crippen LogP contribution in [0.4, 0.5) is 35.1 Å². The van der Waals surface area contributed by atoms with Crippen LogP contribution in [0, 0.1) is 31.4 Å². The Morgan fingerprint density at radius 1 is 0.906 bits per heavy atom. The largest absolute Gasteiger partial charge is 0.481 e. The minimum Gasteiger partial charge on any atom is -0.481 e. The van der Waals surface area contributed by atoms with E-state index < -0.39 is 101 Å². The lowest BCUT2D eigenvalue weighted by molar-refractivity contribution is -0.140. The lowest BCUT2D eigenvalue weighted by atomic mass is 9.87. The summed E-state index contributed by atoms with van der Waals surface area (Å²) in [7, 11) is 3.32. The minimum absolute atomic E-state index is 0.0555. The number of aliphatic carboxylic acids is 1. The number of alkyl halides is 6. The van der Waals surface area contributed by atoms with Crippen molar-refractivity contribution in [1.82, 2.24) is 14.8 Å². The molecule has 0 spiro atoms. The first-order chi connectivity index (χ1) is 24.4. The summed E-state index contributed by atoms with van der Waals surface area (Å²) in [6.45, 7) is 7.95. The average Bonchev–Trinajstić information content (AvgIpc) is 3.85. The number of nitrogens with zero attached hydrogens (tertiary/aromatic N) is 2. The topological polar surface area (TPSA) is 91.6 Å². The van der Waals surface area contributed by atoms with Gasteiger partial charge in [0.1, 0.15) is 11.6 Å². The maximum atomic E-state index is 16.5. The first-order valence-electron chi connectivity index (χ1n) is 17.1. The first-order valence-corrected chi connectivity index (χ1v) is 17.1. The summed E-state index contributed by atoms with van der Waals surface area (Å²) < 4.78 is 118. The van der Waals surface area contributed by atoms with Gasteiger partial charge in [0.15, 0.2) is 0 Å².